The molecule has 12 heteroatoms. The Kier molecular flexibility index (Phi) is 22.8. The molecule has 1 unspecified atom stereocenters. The highest BCUT2D eigenvalue weighted by Gasteiger charge is 2.24. The van der Waals surface area contributed by atoms with Gasteiger partial charge in [0.25, 0.3) is 0 Å². The van der Waals surface area contributed by atoms with Crippen molar-refractivity contribution in [2.24, 2.45) is 0 Å². The van der Waals surface area contributed by atoms with E-state index in [-0.39, 0.29) is 17.4 Å². The van der Waals surface area contributed by atoms with Crippen LogP contribution in [0.1, 0.15) is 97.3 Å². The first-order valence-corrected chi connectivity index (χ1v) is 18.5. The van der Waals surface area contributed by atoms with E-state index in [1.807, 2.05) is 62.4 Å². The highest BCUT2D eigenvalue weighted by molar-refractivity contribution is 5.87. The lowest BCUT2D eigenvalue weighted by molar-refractivity contribution is 0.0237. The number of unbranched alkanes of at least 4 members (excludes halogenated alkanes) is 2. The van der Waals surface area contributed by atoms with Crippen molar-refractivity contribution in [1.82, 2.24) is 19.8 Å². The van der Waals surface area contributed by atoms with Crippen LogP contribution in [0.4, 0.5) is 5.69 Å². The maximum absolute atomic E-state index is 12.3. The van der Waals surface area contributed by atoms with E-state index >= 15 is 0 Å². The van der Waals surface area contributed by atoms with Crippen molar-refractivity contribution in [3.63, 3.8) is 0 Å². The van der Waals surface area contributed by atoms with Gasteiger partial charge in [-0.25, -0.2) is 19.6 Å². The van der Waals surface area contributed by atoms with Gasteiger partial charge in [0.1, 0.15) is 11.4 Å². The highest BCUT2D eigenvalue weighted by Crippen LogP contribution is 2.28. The van der Waals surface area contributed by atoms with Crippen molar-refractivity contribution in [3.05, 3.63) is 89.0 Å². The molecule has 2 aromatic heterocycles. The number of rotatable bonds is 25. The van der Waals surface area contributed by atoms with E-state index in [4.69, 9.17) is 29.4 Å². The molecule has 52 heavy (non-hydrogen) atoms. The first-order valence-electron chi connectivity index (χ1n) is 18.5. The predicted octanol–water partition coefficient (Wildman–Crippen LogP) is 6.20. The summed E-state index contributed by atoms with van der Waals surface area (Å²) in [6, 6.07) is 18.3. The third-order valence-electron chi connectivity index (χ3n) is 8.05. The molecule has 0 amide bonds. The molecule has 0 fully saturated rings. The van der Waals surface area contributed by atoms with Crippen LogP contribution in [0.5, 0.6) is 0 Å². The van der Waals surface area contributed by atoms with Gasteiger partial charge in [0.05, 0.1) is 64.7 Å². The van der Waals surface area contributed by atoms with Crippen molar-refractivity contribution >= 4 is 17.6 Å². The minimum Gasteiger partial charge on any atom is -0.464 e. The molecule has 12 nitrogen and oxygen atoms in total. The van der Waals surface area contributed by atoms with Crippen molar-refractivity contribution < 1.29 is 33.3 Å². The second-order valence-electron chi connectivity index (χ2n) is 11.9. The lowest BCUT2D eigenvalue weighted by atomic mass is 10.00. The van der Waals surface area contributed by atoms with Crippen molar-refractivity contribution in [1.29, 1.82) is 0 Å². The number of ether oxygens (including phenoxy) is 5. The van der Waals surface area contributed by atoms with Gasteiger partial charge in [-0.3, -0.25) is 9.80 Å². The molecule has 288 valence electrons. The first-order chi connectivity index (χ1) is 25.4. The zero-order valence-corrected chi connectivity index (χ0v) is 32.2. The number of nitrogen functional groups attached to an aromatic ring is 1. The average Bonchev–Trinajstić information content (AvgIpc) is 3.18. The Balaban J connectivity index is 0.00000460. The van der Waals surface area contributed by atoms with Gasteiger partial charge in [-0.15, -0.1) is 0 Å². The van der Waals surface area contributed by atoms with Crippen LogP contribution in [0.3, 0.4) is 0 Å². The molecular weight excluding hydrogens is 662 g/mol. The summed E-state index contributed by atoms with van der Waals surface area (Å²) in [5.74, 6) is -0.930. The molecule has 1 atom stereocenters. The summed E-state index contributed by atoms with van der Waals surface area (Å²) < 4.78 is 27.6. The maximum atomic E-state index is 12.3. The number of anilines is 1. The highest BCUT2D eigenvalue weighted by atomic mass is 16.5. The fraction of sp³-hybridized carbons (Fsp3) is 0.550. The topological polar surface area (TPSA) is 139 Å². The number of nitrogens with two attached hydrogens (primary N) is 1. The van der Waals surface area contributed by atoms with Crippen LogP contribution >= 0.6 is 0 Å². The number of pyridine rings is 2. The fourth-order valence-corrected chi connectivity index (χ4v) is 5.46. The number of hydrogen-bond acceptors (Lipinski definition) is 12. The number of aromatic nitrogens is 2. The largest absolute Gasteiger partial charge is 0.464 e. The van der Waals surface area contributed by atoms with Gasteiger partial charge >= 0.3 is 11.9 Å². The number of esters is 2. The van der Waals surface area contributed by atoms with E-state index in [1.165, 1.54) is 14.2 Å². The van der Waals surface area contributed by atoms with Crippen LogP contribution in [0.25, 0.3) is 0 Å². The van der Waals surface area contributed by atoms with Crippen molar-refractivity contribution in [3.8, 4) is 0 Å². The van der Waals surface area contributed by atoms with Crippen LogP contribution in [0, 0.1) is 0 Å². The van der Waals surface area contributed by atoms with Crippen LogP contribution in [0.15, 0.2) is 60.7 Å². The summed E-state index contributed by atoms with van der Waals surface area (Å²) in [6.07, 6.45) is 4.30. The quantitative estimate of drug-likeness (QED) is 0.0605. The van der Waals surface area contributed by atoms with Gasteiger partial charge in [-0.1, -0.05) is 64.8 Å². The molecule has 0 aliphatic carbocycles. The first kappa shape index (κ1) is 44.2. The van der Waals surface area contributed by atoms with Crippen LogP contribution in [-0.4, -0.2) is 112 Å². The zero-order valence-electron chi connectivity index (χ0n) is 32.2. The fourth-order valence-electron chi connectivity index (χ4n) is 5.46. The maximum Gasteiger partial charge on any atom is 0.356 e. The Morgan fingerprint density at radius 3 is 1.85 bits per heavy atom. The third-order valence-corrected chi connectivity index (χ3v) is 8.05. The van der Waals surface area contributed by atoms with Gasteiger partial charge in [-0.05, 0) is 61.3 Å². The monoisotopic (exact) mass is 723 g/mol. The second kappa shape index (κ2) is 26.8. The van der Waals surface area contributed by atoms with E-state index in [0.717, 1.165) is 62.3 Å². The smallest absolute Gasteiger partial charge is 0.356 e. The summed E-state index contributed by atoms with van der Waals surface area (Å²) in [5.41, 5.74) is 9.78. The number of benzene rings is 1. The predicted molar refractivity (Wildman–Crippen MR) is 204 cm³/mol. The average molecular weight is 724 g/mol. The van der Waals surface area contributed by atoms with Gasteiger partial charge in [0, 0.05) is 38.5 Å². The summed E-state index contributed by atoms with van der Waals surface area (Å²) in [7, 11) is 2.70. The molecule has 0 aliphatic rings. The zero-order chi connectivity index (χ0) is 38.0. The van der Waals surface area contributed by atoms with Crippen LogP contribution < -0.4 is 5.73 Å². The molecule has 0 radical (unpaired) electrons. The Morgan fingerprint density at radius 1 is 0.673 bits per heavy atom. The van der Waals surface area contributed by atoms with E-state index in [2.05, 4.69) is 33.6 Å². The minimum atomic E-state index is -0.475. The standard InChI is InChI=1S/C38H55N5O7.C2H6/c1-5-7-8-23-48-24-20-42(29-32-11-9-13-34(40-32)37(44)46-3)21-25-49-27-28-50-26-22-43(19-6-2)36(30-15-17-31(39)18-16-30)33-12-10-14-35(41-33)38(45)47-4;1-2/h9-18,36H,5-8,19-29,39H2,1-4H3;1-2H3. The van der Waals surface area contributed by atoms with E-state index in [9.17, 15) is 9.59 Å². The number of carbonyl (C=O) groups is 2. The third kappa shape index (κ3) is 16.2. The van der Waals surface area contributed by atoms with Gasteiger partial charge in [0.2, 0.25) is 0 Å². The van der Waals surface area contributed by atoms with E-state index in [0.29, 0.717) is 58.4 Å². The molecule has 0 aliphatic heterocycles. The molecule has 3 aromatic rings. The molecule has 2 N–H and O–H groups in total. The molecule has 0 saturated heterocycles. The normalized spacial score (nSPS) is 11.6. The van der Waals surface area contributed by atoms with E-state index < -0.39 is 11.9 Å². The SMILES string of the molecule is CC.CCCCCOCCN(CCOCCOCCN(CCC)C(c1ccc(N)cc1)c1cccc(C(=O)OC)n1)Cc1cccc(C(=O)OC)n1. The van der Waals surface area contributed by atoms with Crippen molar-refractivity contribution in [2.75, 3.05) is 85.8 Å². The summed E-state index contributed by atoms with van der Waals surface area (Å²) in [5, 5.41) is 0. The van der Waals surface area contributed by atoms with Gasteiger partial charge < -0.3 is 29.4 Å². The van der Waals surface area contributed by atoms with Crippen molar-refractivity contribution in [2.45, 2.75) is 66.0 Å². The lowest BCUT2D eigenvalue weighted by Gasteiger charge is -2.32. The molecule has 0 spiro atoms. The summed E-state index contributed by atoms with van der Waals surface area (Å²) >= 11 is 0. The lowest BCUT2D eigenvalue weighted by Crippen LogP contribution is -2.34. The Labute approximate surface area is 310 Å². The number of carbonyl (C=O) groups excluding carboxylic acids is 2. The molecule has 0 bridgehead atoms. The molecule has 1 aromatic carbocycles. The number of nitrogens with zero attached hydrogens (tertiary/aromatic N) is 4. The minimum absolute atomic E-state index is 0.204. The van der Waals surface area contributed by atoms with E-state index in [1.54, 1.807) is 12.1 Å². The second-order valence-corrected chi connectivity index (χ2v) is 11.9. The summed E-state index contributed by atoms with van der Waals surface area (Å²) in [6.45, 7) is 15.0. The molecule has 3 rings (SSSR count). The Hall–Kier alpha value is -3.94. The van der Waals surface area contributed by atoms with Crippen LogP contribution in [0.2, 0.25) is 0 Å². The van der Waals surface area contributed by atoms with Crippen LogP contribution in [-0.2, 0) is 30.2 Å². The van der Waals surface area contributed by atoms with Gasteiger partial charge in [0.15, 0.2) is 0 Å². The molecule has 2 heterocycles. The Bertz CT molecular complexity index is 1410. The number of hydrogen-bond donors (Lipinski definition) is 1. The Morgan fingerprint density at radius 2 is 1.25 bits per heavy atom. The summed E-state index contributed by atoms with van der Waals surface area (Å²) in [4.78, 5) is 37.9. The van der Waals surface area contributed by atoms with Gasteiger partial charge in [-0.2, -0.15) is 0 Å². The molecule has 0 saturated carbocycles. The number of methoxy groups -OCH3 is 2. The molecular formula is C40H61N5O7.